The zero-order chi connectivity index (χ0) is 23.6. The summed E-state index contributed by atoms with van der Waals surface area (Å²) in [5.41, 5.74) is 3.04. The van der Waals surface area contributed by atoms with Gasteiger partial charge in [0.1, 0.15) is 12.4 Å². The number of nitrogens with zero attached hydrogens (tertiary/aromatic N) is 1. The molecule has 1 atom stereocenters. The molecule has 33 heavy (non-hydrogen) atoms. The van der Waals surface area contributed by atoms with E-state index in [9.17, 15) is 13.6 Å². The summed E-state index contributed by atoms with van der Waals surface area (Å²) < 4.78 is 33.5. The maximum Gasteiger partial charge on any atom is 0.295 e. The molecule has 0 spiro atoms. The standard InChI is InChI=1S/C24H26F2N4O3/c1-14(16-4-3-5-17(10-16)24(25,26)13-31)29-23(32)19-11-18(15-6-8-27-9-7-15)22(33-2)20-12-28-30-21(19)20/h3-6,10-12,14,27,31H,7-9,13H2,1-2H3,(H,28,30)(H,29,32). The number of amides is 1. The Morgan fingerprint density at radius 3 is 2.88 bits per heavy atom. The number of aliphatic hydroxyl groups is 1. The molecule has 174 valence electrons. The van der Waals surface area contributed by atoms with Gasteiger partial charge >= 0.3 is 0 Å². The highest BCUT2D eigenvalue weighted by Gasteiger charge is 2.31. The monoisotopic (exact) mass is 456 g/mol. The molecule has 0 bridgehead atoms. The average Bonchev–Trinajstić information content (AvgIpc) is 3.33. The van der Waals surface area contributed by atoms with Gasteiger partial charge in [-0.15, -0.1) is 0 Å². The topological polar surface area (TPSA) is 99.3 Å². The summed E-state index contributed by atoms with van der Waals surface area (Å²) >= 11 is 0. The Labute approximate surface area is 189 Å². The van der Waals surface area contributed by atoms with Gasteiger partial charge in [-0.05, 0) is 43.2 Å². The van der Waals surface area contributed by atoms with E-state index in [4.69, 9.17) is 9.84 Å². The fraction of sp³-hybridized carbons (Fsp3) is 0.333. The third-order valence-electron chi connectivity index (χ3n) is 5.90. The number of benzene rings is 2. The lowest BCUT2D eigenvalue weighted by molar-refractivity contribution is -0.0556. The van der Waals surface area contributed by atoms with Gasteiger partial charge in [0.25, 0.3) is 11.8 Å². The number of fused-ring (bicyclic) bond motifs is 1. The predicted molar refractivity (Wildman–Crippen MR) is 121 cm³/mol. The molecule has 0 saturated carbocycles. The van der Waals surface area contributed by atoms with Crippen molar-refractivity contribution in [3.05, 3.63) is 64.9 Å². The number of hydrogen-bond acceptors (Lipinski definition) is 5. The predicted octanol–water partition coefficient (Wildman–Crippen LogP) is 3.52. The Kier molecular flexibility index (Phi) is 6.44. The molecule has 3 aromatic rings. The van der Waals surface area contributed by atoms with E-state index in [1.54, 1.807) is 32.4 Å². The number of ether oxygens (including phenoxy) is 1. The van der Waals surface area contributed by atoms with Crippen LogP contribution in [0.25, 0.3) is 16.5 Å². The normalized spacial score (nSPS) is 15.2. The fourth-order valence-electron chi connectivity index (χ4n) is 4.08. The smallest absolute Gasteiger partial charge is 0.295 e. The van der Waals surface area contributed by atoms with Crippen LogP contribution in [0.2, 0.25) is 0 Å². The van der Waals surface area contributed by atoms with Crippen LogP contribution in [-0.4, -0.2) is 48.0 Å². The molecule has 4 rings (SSSR count). The van der Waals surface area contributed by atoms with E-state index in [0.717, 1.165) is 30.6 Å². The average molecular weight is 456 g/mol. The van der Waals surface area contributed by atoms with E-state index in [2.05, 4.69) is 26.9 Å². The Morgan fingerprint density at radius 2 is 2.18 bits per heavy atom. The van der Waals surface area contributed by atoms with Crippen LogP contribution >= 0.6 is 0 Å². The molecule has 7 nitrogen and oxygen atoms in total. The third-order valence-corrected chi connectivity index (χ3v) is 5.90. The van der Waals surface area contributed by atoms with E-state index < -0.39 is 18.6 Å². The van der Waals surface area contributed by atoms with E-state index in [1.165, 1.54) is 18.2 Å². The van der Waals surface area contributed by atoms with Crippen LogP contribution in [0.4, 0.5) is 8.78 Å². The van der Waals surface area contributed by atoms with Crippen LogP contribution in [0.1, 0.15) is 46.4 Å². The number of methoxy groups -OCH3 is 1. The second-order valence-electron chi connectivity index (χ2n) is 8.03. The number of aromatic amines is 1. The summed E-state index contributed by atoms with van der Waals surface area (Å²) in [5.74, 6) is -3.07. The lowest BCUT2D eigenvalue weighted by Gasteiger charge is -2.20. The molecule has 0 aliphatic carbocycles. The van der Waals surface area contributed by atoms with E-state index in [-0.39, 0.29) is 11.5 Å². The maximum atomic E-state index is 13.9. The minimum atomic E-state index is -3.35. The fourth-order valence-corrected chi connectivity index (χ4v) is 4.08. The van der Waals surface area contributed by atoms with Crippen LogP contribution in [0.5, 0.6) is 5.75 Å². The van der Waals surface area contributed by atoms with E-state index >= 15 is 0 Å². The molecule has 2 heterocycles. The molecule has 2 aromatic carbocycles. The number of halogens is 2. The van der Waals surface area contributed by atoms with Crippen LogP contribution in [-0.2, 0) is 5.92 Å². The number of carbonyl (C=O) groups is 1. The minimum Gasteiger partial charge on any atom is -0.495 e. The molecule has 1 unspecified atom stereocenters. The molecule has 1 aliphatic heterocycles. The highest BCUT2D eigenvalue weighted by atomic mass is 19.3. The van der Waals surface area contributed by atoms with Crippen molar-refractivity contribution in [2.24, 2.45) is 0 Å². The molecular weight excluding hydrogens is 430 g/mol. The van der Waals surface area contributed by atoms with Crippen molar-refractivity contribution in [1.29, 1.82) is 0 Å². The Hall–Kier alpha value is -3.30. The summed E-state index contributed by atoms with van der Waals surface area (Å²) in [7, 11) is 1.59. The quantitative estimate of drug-likeness (QED) is 0.436. The highest BCUT2D eigenvalue weighted by Crippen LogP contribution is 2.37. The number of rotatable bonds is 7. The van der Waals surface area contributed by atoms with Crippen molar-refractivity contribution in [2.45, 2.75) is 25.3 Å². The zero-order valence-corrected chi connectivity index (χ0v) is 18.4. The van der Waals surface area contributed by atoms with Gasteiger partial charge < -0.3 is 20.5 Å². The second kappa shape index (κ2) is 9.29. The van der Waals surface area contributed by atoms with E-state index in [0.29, 0.717) is 27.8 Å². The van der Waals surface area contributed by atoms with Gasteiger partial charge in [-0.25, -0.2) is 0 Å². The molecule has 9 heteroatoms. The van der Waals surface area contributed by atoms with Gasteiger partial charge in [-0.1, -0.05) is 24.3 Å². The van der Waals surface area contributed by atoms with Crippen molar-refractivity contribution in [3.8, 4) is 5.75 Å². The first-order valence-electron chi connectivity index (χ1n) is 10.7. The third kappa shape index (κ3) is 4.46. The van der Waals surface area contributed by atoms with Gasteiger partial charge in [0.2, 0.25) is 0 Å². The summed E-state index contributed by atoms with van der Waals surface area (Å²) in [4.78, 5) is 13.3. The first-order valence-corrected chi connectivity index (χ1v) is 10.7. The van der Waals surface area contributed by atoms with Crippen molar-refractivity contribution in [2.75, 3.05) is 26.8 Å². The van der Waals surface area contributed by atoms with E-state index in [1.807, 2.05) is 0 Å². The minimum absolute atomic E-state index is 0.302. The van der Waals surface area contributed by atoms with Gasteiger partial charge in [0.15, 0.2) is 0 Å². The SMILES string of the molecule is COc1c(C2=CCNCC2)cc(C(=O)NC(C)c2cccc(C(F)(F)CO)c2)c2[nH]ncc12. The molecule has 1 amide bonds. The lowest BCUT2D eigenvalue weighted by Crippen LogP contribution is -2.28. The van der Waals surface area contributed by atoms with Crippen molar-refractivity contribution < 1.29 is 23.4 Å². The van der Waals surface area contributed by atoms with Gasteiger partial charge in [0, 0.05) is 17.7 Å². The molecule has 4 N–H and O–H groups in total. The Balaban J connectivity index is 1.68. The number of aromatic nitrogens is 2. The van der Waals surface area contributed by atoms with Crippen LogP contribution in [0, 0.1) is 0 Å². The zero-order valence-electron chi connectivity index (χ0n) is 18.4. The van der Waals surface area contributed by atoms with Crippen LogP contribution < -0.4 is 15.4 Å². The largest absolute Gasteiger partial charge is 0.495 e. The molecule has 0 saturated heterocycles. The number of alkyl halides is 2. The number of hydrogen-bond donors (Lipinski definition) is 4. The van der Waals surface area contributed by atoms with Crippen LogP contribution in [0.15, 0.2) is 42.6 Å². The molecule has 1 aromatic heterocycles. The first kappa shape index (κ1) is 22.9. The number of H-pyrrole nitrogens is 1. The highest BCUT2D eigenvalue weighted by molar-refractivity contribution is 6.09. The Morgan fingerprint density at radius 1 is 1.36 bits per heavy atom. The van der Waals surface area contributed by atoms with Crippen molar-refractivity contribution in [1.82, 2.24) is 20.8 Å². The summed E-state index contributed by atoms with van der Waals surface area (Å²) in [5, 5.41) is 22.8. The number of carbonyl (C=O) groups excluding carboxylic acids is 1. The van der Waals surface area contributed by atoms with Gasteiger partial charge in [0.05, 0.1) is 35.8 Å². The summed E-state index contributed by atoms with van der Waals surface area (Å²) in [6.45, 7) is 1.99. The van der Waals surface area contributed by atoms with Crippen molar-refractivity contribution >= 4 is 22.4 Å². The Bertz CT molecular complexity index is 1210. The van der Waals surface area contributed by atoms with Gasteiger partial charge in [-0.2, -0.15) is 13.9 Å². The van der Waals surface area contributed by atoms with Crippen LogP contribution in [0.3, 0.4) is 0 Å². The van der Waals surface area contributed by atoms with Crippen molar-refractivity contribution in [3.63, 3.8) is 0 Å². The molecule has 1 aliphatic rings. The maximum absolute atomic E-state index is 13.9. The lowest BCUT2D eigenvalue weighted by atomic mass is 9.94. The molecule has 0 fully saturated rings. The summed E-state index contributed by atoms with van der Waals surface area (Å²) in [6, 6.07) is 6.94. The first-order chi connectivity index (χ1) is 15.9. The number of nitrogens with one attached hydrogen (secondary N) is 3. The molecular formula is C24H26F2N4O3. The second-order valence-corrected chi connectivity index (χ2v) is 8.03. The molecule has 0 radical (unpaired) electrons. The summed E-state index contributed by atoms with van der Waals surface area (Å²) in [6.07, 6.45) is 4.49. The van der Waals surface area contributed by atoms with Gasteiger partial charge in [-0.3, -0.25) is 9.89 Å². The number of aliphatic hydroxyl groups excluding tert-OH is 1.